The number of anilines is 2. The Morgan fingerprint density at radius 1 is 0.538 bits per heavy atom. The van der Waals surface area contributed by atoms with E-state index in [-0.39, 0.29) is 0 Å². The van der Waals surface area contributed by atoms with Crippen LogP contribution in [0.5, 0.6) is 0 Å². The molecule has 0 radical (unpaired) electrons. The molecule has 0 bridgehead atoms. The van der Waals surface area contributed by atoms with Crippen LogP contribution in [0.25, 0.3) is 0 Å². The van der Waals surface area contributed by atoms with E-state index in [1.807, 2.05) is 0 Å². The van der Waals surface area contributed by atoms with Crippen molar-refractivity contribution in [1.82, 2.24) is 0 Å². The fourth-order valence-corrected chi connectivity index (χ4v) is 2.88. The maximum Gasteiger partial charge on any atom is 0.173 e. The first-order valence-corrected chi connectivity index (χ1v) is 8.92. The van der Waals surface area contributed by atoms with Gasteiger partial charge in [0.2, 0.25) is 0 Å². The largest absolute Gasteiger partial charge is 0.377 e. The maximum absolute atomic E-state index is 2.22. The van der Waals surface area contributed by atoms with Gasteiger partial charge in [-0.1, -0.05) is 24.3 Å². The summed E-state index contributed by atoms with van der Waals surface area (Å²) in [5.74, 6) is 0. The van der Waals surface area contributed by atoms with Gasteiger partial charge < -0.3 is 9.80 Å². The first kappa shape index (κ1) is 17.9. The summed E-state index contributed by atoms with van der Waals surface area (Å²) in [6.45, 7) is 1.78. The molecule has 1 aromatic carbocycles. The second-order valence-corrected chi connectivity index (χ2v) is 7.06. The van der Waals surface area contributed by atoms with E-state index in [1.165, 1.54) is 22.5 Å². The Labute approximate surface area is 156 Å². The smallest absolute Gasteiger partial charge is 0.173 e. The van der Waals surface area contributed by atoms with Gasteiger partial charge in [-0.2, -0.15) is 0 Å². The molecule has 3 rings (SSSR count). The lowest BCUT2D eigenvalue weighted by Gasteiger charge is -2.10. The highest BCUT2D eigenvalue weighted by molar-refractivity contribution is 5.42. The summed E-state index contributed by atoms with van der Waals surface area (Å²) in [6.07, 6.45) is 8.52. The van der Waals surface area contributed by atoms with Crippen molar-refractivity contribution in [2.24, 2.45) is 0 Å². The van der Waals surface area contributed by atoms with Crippen LogP contribution >= 0.6 is 0 Å². The fourth-order valence-electron chi connectivity index (χ4n) is 2.88. The third kappa shape index (κ3) is 4.60. The molecule has 0 saturated heterocycles. The van der Waals surface area contributed by atoms with Crippen molar-refractivity contribution in [2.45, 2.75) is 13.1 Å². The molecule has 2 heterocycles. The molecule has 0 aliphatic rings. The van der Waals surface area contributed by atoms with E-state index in [9.17, 15) is 0 Å². The van der Waals surface area contributed by atoms with E-state index < -0.39 is 0 Å². The Morgan fingerprint density at radius 3 is 1.12 bits per heavy atom. The fraction of sp³-hybridized carbons (Fsp3) is 0.273. The molecule has 4 nitrogen and oxygen atoms in total. The minimum absolute atomic E-state index is 0.888. The Hall–Kier alpha value is -2.88. The lowest BCUT2D eigenvalue weighted by molar-refractivity contribution is -0.688. The average molecular weight is 348 g/mol. The lowest BCUT2D eigenvalue weighted by Crippen LogP contribution is -2.34. The molecule has 0 aliphatic carbocycles. The minimum Gasteiger partial charge on any atom is -0.377 e. The van der Waals surface area contributed by atoms with Crippen LogP contribution in [0.15, 0.2) is 73.3 Å². The summed E-state index contributed by atoms with van der Waals surface area (Å²) in [5, 5.41) is 0. The molecule has 0 N–H and O–H groups in total. The van der Waals surface area contributed by atoms with Crippen LogP contribution in [0.1, 0.15) is 11.1 Å². The highest BCUT2D eigenvalue weighted by Crippen LogP contribution is 2.09. The third-order valence-corrected chi connectivity index (χ3v) is 4.53. The number of rotatable bonds is 6. The van der Waals surface area contributed by atoms with Crippen LogP contribution in [0.3, 0.4) is 0 Å². The van der Waals surface area contributed by atoms with Gasteiger partial charge in [-0.3, -0.25) is 0 Å². The topological polar surface area (TPSA) is 14.2 Å². The van der Waals surface area contributed by atoms with E-state index >= 15 is 0 Å². The van der Waals surface area contributed by atoms with Crippen LogP contribution < -0.4 is 18.9 Å². The van der Waals surface area contributed by atoms with Gasteiger partial charge in [0, 0.05) is 75.0 Å². The molecule has 2 aromatic heterocycles. The lowest BCUT2D eigenvalue weighted by atomic mass is 10.1. The summed E-state index contributed by atoms with van der Waals surface area (Å²) in [7, 11) is 8.24. The summed E-state index contributed by atoms with van der Waals surface area (Å²) in [5.41, 5.74) is 5.05. The normalized spacial score (nSPS) is 10.6. The van der Waals surface area contributed by atoms with Crippen molar-refractivity contribution in [2.75, 3.05) is 38.0 Å². The summed E-state index contributed by atoms with van der Waals surface area (Å²) in [4.78, 5) is 4.23. The van der Waals surface area contributed by atoms with Crippen molar-refractivity contribution < 1.29 is 9.13 Å². The van der Waals surface area contributed by atoms with E-state index in [4.69, 9.17) is 0 Å². The Morgan fingerprint density at radius 2 is 0.846 bits per heavy atom. The molecular weight excluding hydrogens is 320 g/mol. The van der Waals surface area contributed by atoms with Gasteiger partial charge in [0.15, 0.2) is 37.9 Å². The van der Waals surface area contributed by atoms with Crippen LogP contribution in [0, 0.1) is 0 Å². The van der Waals surface area contributed by atoms with E-state index in [0.29, 0.717) is 0 Å². The second-order valence-electron chi connectivity index (χ2n) is 7.06. The molecule has 0 amide bonds. The van der Waals surface area contributed by atoms with Crippen LogP contribution in [-0.2, 0) is 13.1 Å². The van der Waals surface area contributed by atoms with Crippen molar-refractivity contribution in [1.29, 1.82) is 0 Å². The zero-order valence-electron chi connectivity index (χ0n) is 16.1. The van der Waals surface area contributed by atoms with Crippen molar-refractivity contribution in [3.63, 3.8) is 0 Å². The Bertz CT molecular complexity index is 747. The molecule has 0 aliphatic heterocycles. The Balaban J connectivity index is 1.62. The molecule has 0 saturated carbocycles. The SMILES string of the molecule is CN(C)c1cc[n+](Cc2ccc(C[n+]3ccc(N(C)C)cc3)cc2)cc1. The summed E-state index contributed by atoms with van der Waals surface area (Å²) < 4.78 is 4.41. The predicted octanol–water partition coefficient (Wildman–Crippen LogP) is 2.49. The van der Waals surface area contributed by atoms with Crippen LogP contribution in [0.2, 0.25) is 0 Å². The average Bonchev–Trinajstić information content (AvgIpc) is 2.64. The molecule has 3 aromatic rings. The zero-order valence-corrected chi connectivity index (χ0v) is 16.1. The van der Waals surface area contributed by atoms with Gasteiger partial charge in [0.05, 0.1) is 0 Å². The standard InChI is InChI=1S/C22H28N4/c1-23(2)21-9-13-25(14-10-21)17-19-5-7-20(8-6-19)18-26-15-11-22(12-16-26)24(3)4/h5-16H,17-18H2,1-4H3/q+2. The van der Waals surface area contributed by atoms with E-state index in [2.05, 4.69) is 120 Å². The number of pyridine rings is 2. The zero-order chi connectivity index (χ0) is 18.5. The molecule has 0 unspecified atom stereocenters. The maximum atomic E-state index is 2.22. The number of nitrogens with zero attached hydrogens (tertiary/aromatic N) is 4. The van der Waals surface area contributed by atoms with E-state index in [0.717, 1.165) is 13.1 Å². The van der Waals surface area contributed by atoms with Crippen LogP contribution in [0.4, 0.5) is 11.4 Å². The predicted molar refractivity (Wildman–Crippen MR) is 107 cm³/mol. The van der Waals surface area contributed by atoms with Crippen molar-refractivity contribution in [3.8, 4) is 0 Å². The first-order chi connectivity index (χ1) is 12.5. The van der Waals surface area contributed by atoms with E-state index in [1.54, 1.807) is 0 Å². The molecule has 0 fully saturated rings. The minimum atomic E-state index is 0.888. The number of benzene rings is 1. The molecule has 26 heavy (non-hydrogen) atoms. The van der Waals surface area contributed by atoms with Gasteiger partial charge in [-0.15, -0.1) is 0 Å². The molecule has 0 spiro atoms. The number of hydrogen-bond donors (Lipinski definition) is 0. The monoisotopic (exact) mass is 348 g/mol. The Kier molecular flexibility index (Phi) is 5.52. The van der Waals surface area contributed by atoms with Crippen LogP contribution in [-0.4, -0.2) is 28.2 Å². The molecule has 4 heteroatoms. The van der Waals surface area contributed by atoms with Gasteiger partial charge in [-0.25, -0.2) is 9.13 Å². The highest BCUT2D eigenvalue weighted by Gasteiger charge is 2.07. The first-order valence-electron chi connectivity index (χ1n) is 8.92. The number of aromatic nitrogens is 2. The molecule has 0 atom stereocenters. The van der Waals surface area contributed by atoms with Crippen molar-refractivity contribution in [3.05, 3.63) is 84.4 Å². The second kappa shape index (κ2) is 8.00. The number of hydrogen-bond acceptors (Lipinski definition) is 2. The summed E-state index contributed by atoms with van der Waals surface area (Å²) >= 11 is 0. The highest BCUT2D eigenvalue weighted by atomic mass is 15.1. The van der Waals surface area contributed by atoms with Crippen molar-refractivity contribution >= 4 is 11.4 Å². The van der Waals surface area contributed by atoms with Gasteiger partial charge in [0.25, 0.3) is 0 Å². The van der Waals surface area contributed by atoms with Gasteiger partial charge in [0.1, 0.15) is 0 Å². The van der Waals surface area contributed by atoms with Gasteiger partial charge >= 0.3 is 0 Å². The quantitative estimate of drug-likeness (QED) is 0.636. The molecule has 134 valence electrons. The third-order valence-electron chi connectivity index (χ3n) is 4.53. The molecular formula is C22H28N4+2. The summed E-state index contributed by atoms with van der Waals surface area (Å²) in [6, 6.07) is 17.4. The van der Waals surface area contributed by atoms with Gasteiger partial charge in [-0.05, 0) is 0 Å².